The summed E-state index contributed by atoms with van der Waals surface area (Å²) in [7, 11) is 0. The maximum absolute atomic E-state index is 5.87. The molecule has 2 heteroatoms. The van der Waals surface area contributed by atoms with Gasteiger partial charge < -0.3 is 10.5 Å². The lowest BCUT2D eigenvalue weighted by atomic mass is 10.0. The van der Waals surface area contributed by atoms with Crippen molar-refractivity contribution in [3.05, 3.63) is 29.8 Å². The summed E-state index contributed by atoms with van der Waals surface area (Å²) in [6, 6.07) is 8.12. The van der Waals surface area contributed by atoms with Crippen LogP contribution >= 0.6 is 0 Å². The fourth-order valence-corrected chi connectivity index (χ4v) is 2.54. The van der Waals surface area contributed by atoms with Gasteiger partial charge in [-0.25, -0.2) is 0 Å². The van der Waals surface area contributed by atoms with Crippen molar-refractivity contribution in [2.24, 2.45) is 0 Å². The lowest BCUT2D eigenvalue weighted by Crippen LogP contribution is -2.04. The second kappa shape index (κ2) is 10.7. The molecule has 114 valence electrons. The lowest BCUT2D eigenvalue weighted by molar-refractivity contribution is 0.0542. The molecule has 0 bridgehead atoms. The number of anilines is 1. The predicted molar refractivity (Wildman–Crippen MR) is 87.8 cm³/mol. The minimum atomic E-state index is 0.233. The summed E-state index contributed by atoms with van der Waals surface area (Å²) < 4.78 is 5.87. The van der Waals surface area contributed by atoms with Crippen LogP contribution in [0.25, 0.3) is 0 Å². The molecule has 1 aromatic carbocycles. The molecule has 2 nitrogen and oxygen atoms in total. The van der Waals surface area contributed by atoms with E-state index in [0.717, 1.165) is 18.7 Å². The van der Waals surface area contributed by atoms with E-state index in [0.29, 0.717) is 0 Å². The Hall–Kier alpha value is -1.02. The largest absolute Gasteiger partial charge is 0.399 e. The molecule has 0 saturated heterocycles. The highest BCUT2D eigenvalue weighted by molar-refractivity contribution is 5.39. The van der Waals surface area contributed by atoms with Gasteiger partial charge in [0.2, 0.25) is 0 Å². The minimum absolute atomic E-state index is 0.233. The van der Waals surface area contributed by atoms with Gasteiger partial charge in [-0.2, -0.15) is 0 Å². The van der Waals surface area contributed by atoms with E-state index in [2.05, 4.69) is 26.0 Å². The molecule has 2 N–H and O–H groups in total. The van der Waals surface area contributed by atoms with E-state index in [9.17, 15) is 0 Å². The van der Waals surface area contributed by atoms with E-state index >= 15 is 0 Å². The van der Waals surface area contributed by atoms with Gasteiger partial charge in [-0.3, -0.25) is 0 Å². The fraction of sp³-hybridized carbons (Fsp3) is 0.667. The number of unbranched alkanes of at least 4 members (excludes halogenated alkanes) is 6. The summed E-state index contributed by atoms with van der Waals surface area (Å²) in [5.41, 5.74) is 7.82. The van der Waals surface area contributed by atoms with Crippen molar-refractivity contribution in [1.29, 1.82) is 0 Å². The van der Waals surface area contributed by atoms with Crippen molar-refractivity contribution >= 4 is 5.69 Å². The van der Waals surface area contributed by atoms with E-state index in [1.54, 1.807) is 0 Å². The molecule has 0 aliphatic carbocycles. The van der Waals surface area contributed by atoms with Gasteiger partial charge in [-0.05, 0) is 31.0 Å². The molecule has 1 unspecified atom stereocenters. The smallest absolute Gasteiger partial charge is 0.0824 e. The molecular weight excluding hydrogens is 246 g/mol. The maximum Gasteiger partial charge on any atom is 0.0824 e. The minimum Gasteiger partial charge on any atom is -0.399 e. The monoisotopic (exact) mass is 277 g/mol. The number of nitrogen functional groups attached to an aromatic ring is 1. The Morgan fingerprint density at radius 3 is 2.10 bits per heavy atom. The van der Waals surface area contributed by atoms with Crippen molar-refractivity contribution in [1.82, 2.24) is 0 Å². The molecule has 1 aromatic rings. The number of rotatable bonds is 11. The van der Waals surface area contributed by atoms with Crippen LogP contribution in [0.15, 0.2) is 24.3 Å². The van der Waals surface area contributed by atoms with Crippen LogP contribution in [0, 0.1) is 0 Å². The first kappa shape index (κ1) is 17.0. The molecule has 20 heavy (non-hydrogen) atoms. The van der Waals surface area contributed by atoms with Crippen LogP contribution in [0.3, 0.4) is 0 Å². The van der Waals surface area contributed by atoms with E-state index < -0.39 is 0 Å². The Morgan fingerprint density at radius 1 is 0.900 bits per heavy atom. The Balaban J connectivity index is 2.27. The quantitative estimate of drug-likeness (QED) is 0.429. The summed E-state index contributed by atoms with van der Waals surface area (Å²) >= 11 is 0. The third-order valence-electron chi connectivity index (χ3n) is 3.75. The zero-order valence-corrected chi connectivity index (χ0v) is 13.2. The first-order valence-electron chi connectivity index (χ1n) is 8.25. The van der Waals surface area contributed by atoms with Crippen molar-refractivity contribution < 1.29 is 4.74 Å². The van der Waals surface area contributed by atoms with Crippen molar-refractivity contribution in [3.63, 3.8) is 0 Å². The number of hydrogen-bond donors (Lipinski definition) is 1. The second-order valence-electron chi connectivity index (χ2n) is 5.52. The van der Waals surface area contributed by atoms with E-state index in [4.69, 9.17) is 10.5 Å². The molecule has 0 heterocycles. The van der Waals surface area contributed by atoms with Gasteiger partial charge in [-0.15, -0.1) is 0 Å². The summed E-state index contributed by atoms with van der Waals surface area (Å²) in [5.74, 6) is 0. The van der Waals surface area contributed by atoms with Gasteiger partial charge in [0.25, 0.3) is 0 Å². The molecule has 0 fully saturated rings. The molecule has 0 aliphatic rings. The second-order valence-corrected chi connectivity index (χ2v) is 5.52. The third kappa shape index (κ3) is 6.95. The zero-order chi connectivity index (χ0) is 14.6. The number of nitrogens with two attached hydrogens (primary N) is 1. The zero-order valence-electron chi connectivity index (χ0n) is 13.2. The van der Waals surface area contributed by atoms with Gasteiger partial charge >= 0.3 is 0 Å². The maximum atomic E-state index is 5.87. The highest BCUT2D eigenvalue weighted by Gasteiger charge is 2.10. The van der Waals surface area contributed by atoms with Crippen LogP contribution in [0.2, 0.25) is 0 Å². The Labute approximate surface area is 124 Å². The molecule has 1 atom stereocenters. The molecule has 0 amide bonds. The third-order valence-corrected chi connectivity index (χ3v) is 3.75. The van der Waals surface area contributed by atoms with Crippen molar-refractivity contribution in [3.8, 4) is 0 Å². The predicted octanol–water partition coefficient (Wildman–Crippen LogP) is 5.49. The van der Waals surface area contributed by atoms with Gasteiger partial charge in [0, 0.05) is 12.3 Å². The summed E-state index contributed by atoms with van der Waals surface area (Å²) in [5, 5.41) is 0. The molecule has 1 rings (SSSR count). The van der Waals surface area contributed by atoms with Crippen LogP contribution in [0.4, 0.5) is 5.69 Å². The van der Waals surface area contributed by atoms with Gasteiger partial charge in [0.05, 0.1) is 6.10 Å². The first-order valence-corrected chi connectivity index (χ1v) is 8.25. The topological polar surface area (TPSA) is 35.2 Å². The van der Waals surface area contributed by atoms with Crippen LogP contribution in [-0.4, -0.2) is 6.61 Å². The highest BCUT2D eigenvalue weighted by atomic mass is 16.5. The van der Waals surface area contributed by atoms with Crippen LogP contribution in [0.5, 0.6) is 0 Å². The Bertz CT molecular complexity index is 334. The fourth-order valence-electron chi connectivity index (χ4n) is 2.54. The van der Waals surface area contributed by atoms with E-state index in [-0.39, 0.29) is 6.10 Å². The lowest BCUT2D eigenvalue weighted by Gasteiger charge is -2.17. The number of benzene rings is 1. The number of hydrogen-bond acceptors (Lipinski definition) is 2. The Kier molecular flexibility index (Phi) is 9.14. The van der Waals surface area contributed by atoms with Gasteiger partial charge in [0.15, 0.2) is 0 Å². The summed E-state index contributed by atoms with van der Waals surface area (Å²) in [6.07, 6.45) is 10.8. The molecule has 0 aromatic heterocycles. The molecule has 0 saturated carbocycles. The standard InChI is InChI=1S/C18H31NO/c1-3-5-6-7-8-9-10-11-18(20-4-2)16-12-14-17(19)15-13-16/h12-15,18H,3-11,19H2,1-2H3. The van der Waals surface area contributed by atoms with Gasteiger partial charge in [-0.1, -0.05) is 64.0 Å². The summed E-state index contributed by atoms with van der Waals surface area (Å²) in [4.78, 5) is 0. The molecule has 0 spiro atoms. The number of ether oxygens (including phenoxy) is 1. The van der Waals surface area contributed by atoms with Crippen LogP contribution < -0.4 is 5.73 Å². The summed E-state index contributed by atoms with van der Waals surface area (Å²) in [6.45, 7) is 5.10. The average Bonchev–Trinajstić information content (AvgIpc) is 2.46. The molecular formula is C18H31NO. The van der Waals surface area contributed by atoms with Crippen LogP contribution in [0.1, 0.15) is 76.9 Å². The SMILES string of the molecule is CCCCCCCCCC(OCC)c1ccc(N)cc1. The van der Waals surface area contributed by atoms with E-state index in [1.165, 1.54) is 50.5 Å². The van der Waals surface area contributed by atoms with Crippen molar-refractivity contribution in [2.75, 3.05) is 12.3 Å². The normalized spacial score (nSPS) is 12.5. The first-order chi connectivity index (χ1) is 9.77. The average molecular weight is 277 g/mol. The van der Waals surface area contributed by atoms with E-state index in [1.807, 2.05) is 12.1 Å². The highest BCUT2D eigenvalue weighted by Crippen LogP contribution is 2.25. The van der Waals surface area contributed by atoms with Gasteiger partial charge in [0.1, 0.15) is 0 Å². The van der Waals surface area contributed by atoms with Crippen molar-refractivity contribution in [2.45, 2.75) is 71.3 Å². The molecule has 0 radical (unpaired) electrons. The Morgan fingerprint density at radius 2 is 1.50 bits per heavy atom. The molecule has 0 aliphatic heterocycles. The van der Waals surface area contributed by atoms with Crippen LogP contribution in [-0.2, 0) is 4.74 Å².